The van der Waals surface area contributed by atoms with E-state index in [1.165, 1.54) is 42.6 Å². The topological polar surface area (TPSA) is 12.5 Å². The molecule has 0 amide bonds. The third-order valence-electron chi connectivity index (χ3n) is 5.76. The Morgan fingerprint density at radius 3 is 2.48 bits per heavy atom. The van der Waals surface area contributed by atoms with Gasteiger partial charge >= 0.3 is 0 Å². The monoisotopic (exact) mass is 335 g/mol. The summed E-state index contributed by atoms with van der Waals surface area (Å²) in [6.07, 6.45) is 2.86. The van der Waals surface area contributed by atoms with Gasteiger partial charge in [0.2, 0.25) is 0 Å². The summed E-state index contributed by atoms with van der Waals surface area (Å²) >= 11 is 0. The number of nitrogens with zero attached hydrogens (tertiary/aromatic N) is 1. The van der Waals surface area contributed by atoms with E-state index in [0.717, 1.165) is 12.5 Å². The largest absolute Gasteiger partial charge is 0.364 e. The van der Waals surface area contributed by atoms with Gasteiger partial charge < -0.3 is 9.64 Å². The molecule has 0 bridgehead atoms. The number of benzene rings is 2. The van der Waals surface area contributed by atoms with Crippen molar-refractivity contribution in [2.45, 2.75) is 44.8 Å². The number of ether oxygens (including phenoxy) is 1. The van der Waals surface area contributed by atoms with Crippen molar-refractivity contribution in [3.8, 4) is 0 Å². The predicted octanol–water partition coefficient (Wildman–Crippen LogP) is 5.01. The van der Waals surface area contributed by atoms with Crippen molar-refractivity contribution in [2.75, 3.05) is 19.6 Å². The van der Waals surface area contributed by atoms with Gasteiger partial charge in [-0.3, -0.25) is 0 Å². The quantitative estimate of drug-likeness (QED) is 0.779. The predicted molar refractivity (Wildman–Crippen MR) is 103 cm³/mol. The standard InChI is InChI=1S/C23H29NO/c1-17(2)12-14-24-15-13-20-19-10-6-7-11-21(19)23(25-22(20)16-24)18-8-4-3-5-9-18/h3-11,17,20,22-23H,12-16H2,1-2H3/t20-,22-,23?/m0/s1. The highest BCUT2D eigenvalue weighted by Gasteiger charge is 2.39. The van der Waals surface area contributed by atoms with Gasteiger partial charge in [0, 0.05) is 12.5 Å². The Morgan fingerprint density at radius 1 is 1.00 bits per heavy atom. The molecule has 0 N–H and O–H groups in total. The van der Waals surface area contributed by atoms with Crippen LogP contribution >= 0.6 is 0 Å². The Balaban J connectivity index is 1.60. The molecule has 0 radical (unpaired) electrons. The average molecular weight is 335 g/mol. The Hall–Kier alpha value is -1.64. The Labute approximate surface area is 151 Å². The first kappa shape index (κ1) is 16.8. The number of hydrogen-bond donors (Lipinski definition) is 0. The second kappa shape index (κ2) is 7.31. The highest BCUT2D eigenvalue weighted by molar-refractivity contribution is 5.41. The summed E-state index contributed by atoms with van der Waals surface area (Å²) in [5, 5.41) is 0. The SMILES string of the molecule is CC(C)CCN1CC[C@H]2c3ccccc3C(c3ccccc3)O[C@H]2C1. The van der Waals surface area contributed by atoms with E-state index in [0.29, 0.717) is 12.0 Å². The summed E-state index contributed by atoms with van der Waals surface area (Å²) in [5.41, 5.74) is 4.15. The molecule has 2 aromatic rings. The van der Waals surface area contributed by atoms with Crippen LogP contribution < -0.4 is 0 Å². The number of rotatable bonds is 4. The zero-order valence-corrected chi connectivity index (χ0v) is 15.4. The number of hydrogen-bond acceptors (Lipinski definition) is 2. The summed E-state index contributed by atoms with van der Waals surface area (Å²) in [5.74, 6) is 1.31. The van der Waals surface area contributed by atoms with E-state index >= 15 is 0 Å². The lowest BCUT2D eigenvalue weighted by molar-refractivity contribution is -0.0594. The number of fused-ring (bicyclic) bond motifs is 3. The van der Waals surface area contributed by atoms with Gasteiger partial charge in [-0.25, -0.2) is 0 Å². The first-order valence-electron chi connectivity index (χ1n) is 9.74. The second-order valence-corrected chi connectivity index (χ2v) is 7.97. The van der Waals surface area contributed by atoms with Crippen LogP contribution in [0, 0.1) is 5.92 Å². The van der Waals surface area contributed by atoms with Crippen LogP contribution in [0.15, 0.2) is 54.6 Å². The molecule has 4 rings (SSSR count). The molecule has 0 spiro atoms. The molecule has 0 aromatic heterocycles. The van der Waals surface area contributed by atoms with Gasteiger partial charge in [0.1, 0.15) is 6.10 Å². The fourth-order valence-electron chi connectivity index (χ4n) is 4.34. The lowest BCUT2D eigenvalue weighted by Crippen LogP contribution is -2.47. The molecule has 2 aliphatic heterocycles. The van der Waals surface area contributed by atoms with Gasteiger partial charge in [-0.15, -0.1) is 0 Å². The molecule has 132 valence electrons. The molecule has 2 heterocycles. The fraction of sp³-hybridized carbons (Fsp3) is 0.478. The van der Waals surface area contributed by atoms with E-state index < -0.39 is 0 Å². The lowest BCUT2D eigenvalue weighted by Gasteiger charge is -2.45. The molecular weight excluding hydrogens is 306 g/mol. The summed E-state index contributed by atoms with van der Waals surface area (Å²) in [6, 6.07) is 19.6. The van der Waals surface area contributed by atoms with E-state index in [1.807, 2.05) is 0 Å². The van der Waals surface area contributed by atoms with E-state index in [2.05, 4.69) is 73.3 Å². The van der Waals surface area contributed by atoms with Gasteiger partial charge in [-0.05, 0) is 48.5 Å². The number of piperidine rings is 1. The zero-order chi connectivity index (χ0) is 17.2. The first-order chi connectivity index (χ1) is 12.2. The molecule has 1 saturated heterocycles. The molecule has 25 heavy (non-hydrogen) atoms. The molecule has 0 saturated carbocycles. The van der Waals surface area contributed by atoms with Crippen LogP contribution in [0.2, 0.25) is 0 Å². The molecule has 2 aliphatic rings. The Morgan fingerprint density at radius 2 is 1.72 bits per heavy atom. The van der Waals surface area contributed by atoms with Crippen LogP contribution in [0.5, 0.6) is 0 Å². The van der Waals surface area contributed by atoms with Crippen molar-refractivity contribution in [1.82, 2.24) is 4.90 Å². The zero-order valence-electron chi connectivity index (χ0n) is 15.4. The van der Waals surface area contributed by atoms with Crippen molar-refractivity contribution in [1.29, 1.82) is 0 Å². The van der Waals surface area contributed by atoms with Gasteiger partial charge in [0.25, 0.3) is 0 Å². The van der Waals surface area contributed by atoms with Crippen LogP contribution in [0.3, 0.4) is 0 Å². The summed E-state index contributed by atoms with van der Waals surface area (Å²) in [6.45, 7) is 8.08. The second-order valence-electron chi connectivity index (χ2n) is 7.97. The molecule has 2 aromatic carbocycles. The van der Waals surface area contributed by atoms with Crippen molar-refractivity contribution in [2.24, 2.45) is 5.92 Å². The van der Waals surface area contributed by atoms with Crippen LogP contribution in [0.1, 0.15) is 55.4 Å². The molecule has 2 nitrogen and oxygen atoms in total. The van der Waals surface area contributed by atoms with Crippen molar-refractivity contribution in [3.63, 3.8) is 0 Å². The minimum atomic E-state index is 0.0729. The van der Waals surface area contributed by atoms with Crippen molar-refractivity contribution in [3.05, 3.63) is 71.3 Å². The third-order valence-corrected chi connectivity index (χ3v) is 5.76. The highest BCUT2D eigenvalue weighted by Crippen LogP contribution is 2.44. The van der Waals surface area contributed by atoms with Crippen LogP contribution in [0.25, 0.3) is 0 Å². The minimum Gasteiger partial charge on any atom is -0.364 e. The molecule has 2 heteroatoms. The Bertz CT molecular complexity index is 696. The van der Waals surface area contributed by atoms with Gasteiger partial charge in [0.05, 0.1) is 6.10 Å². The van der Waals surface area contributed by atoms with Gasteiger partial charge in [-0.1, -0.05) is 68.4 Å². The average Bonchev–Trinajstić information content (AvgIpc) is 2.66. The highest BCUT2D eigenvalue weighted by atomic mass is 16.5. The van der Waals surface area contributed by atoms with Gasteiger partial charge in [0.15, 0.2) is 0 Å². The maximum Gasteiger partial charge on any atom is 0.108 e. The molecule has 1 unspecified atom stereocenters. The summed E-state index contributed by atoms with van der Waals surface area (Å²) < 4.78 is 6.70. The maximum atomic E-state index is 6.70. The molecular formula is C23H29NO. The smallest absolute Gasteiger partial charge is 0.108 e. The Kier molecular flexibility index (Phi) is 4.91. The summed E-state index contributed by atoms with van der Waals surface area (Å²) in [7, 11) is 0. The van der Waals surface area contributed by atoms with Gasteiger partial charge in [-0.2, -0.15) is 0 Å². The van der Waals surface area contributed by atoms with Crippen molar-refractivity contribution < 1.29 is 4.74 Å². The van der Waals surface area contributed by atoms with Crippen molar-refractivity contribution >= 4 is 0 Å². The minimum absolute atomic E-state index is 0.0729. The first-order valence-corrected chi connectivity index (χ1v) is 9.74. The lowest BCUT2D eigenvalue weighted by atomic mass is 9.79. The van der Waals surface area contributed by atoms with Crippen LogP contribution in [-0.4, -0.2) is 30.6 Å². The van der Waals surface area contributed by atoms with E-state index in [1.54, 1.807) is 0 Å². The normalized spacial score (nSPS) is 26.3. The maximum absolute atomic E-state index is 6.70. The van der Waals surface area contributed by atoms with E-state index in [9.17, 15) is 0 Å². The fourth-order valence-corrected chi connectivity index (χ4v) is 4.34. The molecule has 0 aliphatic carbocycles. The summed E-state index contributed by atoms with van der Waals surface area (Å²) in [4.78, 5) is 2.61. The number of likely N-dealkylation sites (tertiary alicyclic amines) is 1. The van der Waals surface area contributed by atoms with E-state index in [-0.39, 0.29) is 6.10 Å². The molecule has 3 atom stereocenters. The molecule has 1 fully saturated rings. The third kappa shape index (κ3) is 3.51. The van der Waals surface area contributed by atoms with Crippen LogP contribution in [0.4, 0.5) is 0 Å². The van der Waals surface area contributed by atoms with E-state index in [4.69, 9.17) is 4.74 Å². The van der Waals surface area contributed by atoms with Crippen LogP contribution in [-0.2, 0) is 4.74 Å².